The van der Waals surface area contributed by atoms with Crippen LogP contribution in [0.2, 0.25) is 0 Å². The molecule has 2 aromatic carbocycles. The number of fused-ring (bicyclic) bond motifs is 1. The second-order valence-corrected chi connectivity index (χ2v) is 4.71. The molecular formula is C16H17N3. The van der Waals surface area contributed by atoms with Crippen molar-refractivity contribution in [3.63, 3.8) is 0 Å². The Morgan fingerprint density at radius 1 is 1.05 bits per heavy atom. The fraction of sp³-hybridized carbons (Fsp3) is 0.188. The fourth-order valence-corrected chi connectivity index (χ4v) is 2.37. The molecule has 3 rings (SSSR count). The number of benzene rings is 2. The van der Waals surface area contributed by atoms with Gasteiger partial charge in [-0.05, 0) is 24.2 Å². The summed E-state index contributed by atoms with van der Waals surface area (Å²) in [4.78, 5) is 0. The average Bonchev–Trinajstić information content (AvgIpc) is 2.83. The molecule has 0 saturated carbocycles. The lowest BCUT2D eigenvalue weighted by molar-refractivity contribution is 0.710. The van der Waals surface area contributed by atoms with Crippen LogP contribution in [0.5, 0.6) is 0 Å². The zero-order valence-electron chi connectivity index (χ0n) is 11.0. The van der Waals surface area contributed by atoms with Crippen molar-refractivity contribution in [2.24, 2.45) is 0 Å². The molecule has 0 saturated heterocycles. The first-order valence-electron chi connectivity index (χ1n) is 6.50. The molecule has 0 atom stereocenters. The molecule has 3 nitrogen and oxygen atoms in total. The summed E-state index contributed by atoms with van der Waals surface area (Å²) in [5.41, 5.74) is 3.76. The molecule has 96 valence electrons. The highest BCUT2D eigenvalue weighted by Gasteiger charge is 2.03. The molecule has 1 N–H and O–H groups in total. The topological polar surface area (TPSA) is 29.9 Å². The van der Waals surface area contributed by atoms with Gasteiger partial charge in [-0.2, -0.15) is 5.10 Å². The minimum atomic E-state index is 0.811. The number of nitrogens with zero attached hydrogens (tertiary/aromatic N) is 2. The summed E-state index contributed by atoms with van der Waals surface area (Å²) in [7, 11) is 1.97. The van der Waals surface area contributed by atoms with E-state index in [-0.39, 0.29) is 0 Å². The lowest BCUT2D eigenvalue weighted by Crippen LogP contribution is -2.06. The van der Waals surface area contributed by atoms with Gasteiger partial charge in [0.25, 0.3) is 0 Å². The van der Waals surface area contributed by atoms with Gasteiger partial charge in [0, 0.05) is 11.9 Å². The van der Waals surface area contributed by atoms with Crippen LogP contribution >= 0.6 is 0 Å². The van der Waals surface area contributed by atoms with Gasteiger partial charge in [0.2, 0.25) is 0 Å². The van der Waals surface area contributed by atoms with Crippen molar-refractivity contribution < 1.29 is 0 Å². The summed E-state index contributed by atoms with van der Waals surface area (Å²) < 4.78 is 2.05. The standard InChI is InChI=1S/C16H17N3/c1-17-10-13-5-4-6-14(9-13)12-19-16-8-3-2-7-15(16)11-18-19/h2-9,11,17H,10,12H2,1H3. The van der Waals surface area contributed by atoms with Gasteiger partial charge in [0.15, 0.2) is 0 Å². The van der Waals surface area contributed by atoms with E-state index in [1.807, 2.05) is 24.0 Å². The van der Waals surface area contributed by atoms with Gasteiger partial charge in [-0.15, -0.1) is 0 Å². The molecule has 0 fully saturated rings. The number of rotatable bonds is 4. The van der Waals surface area contributed by atoms with Crippen molar-refractivity contribution in [3.05, 3.63) is 65.9 Å². The van der Waals surface area contributed by atoms with Crippen molar-refractivity contribution in [2.75, 3.05) is 7.05 Å². The maximum absolute atomic E-state index is 4.47. The van der Waals surface area contributed by atoms with Crippen molar-refractivity contribution in [3.8, 4) is 0 Å². The first-order chi connectivity index (χ1) is 9.36. The molecule has 19 heavy (non-hydrogen) atoms. The van der Waals surface area contributed by atoms with Gasteiger partial charge in [0.05, 0.1) is 18.3 Å². The van der Waals surface area contributed by atoms with Gasteiger partial charge in [-0.1, -0.05) is 42.5 Å². The molecule has 0 radical (unpaired) electrons. The number of hydrogen-bond donors (Lipinski definition) is 1. The SMILES string of the molecule is CNCc1cccc(Cn2ncc3ccccc32)c1. The Bertz CT molecular complexity index is 685. The molecule has 0 amide bonds. The Morgan fingerprint density at radius 2 is 1.89 bits per heavy atom. The zero-order chi connectivity index (χ0) is 13.1. The van der Waals surface area contributed by atoms with Crippen LogP contribution in [0.3, 0.4) is 0 Å². The van der Waals surface area contributed by atoms with Crippen molar-refractivity contribution in [1.82, 2.24) is 15.1 Å². The van der Waals surface area contributed by atoms with Crippen LogP contribution in [0.25, 0.3) is 10.9 Å². The van der Waals surface area contributed by atoms with Gasteiger partial charge in [0.1, 0.15) is 0 Å². The van der Waals surface area contributed by atoms with E-state index >= 15 is 0 Å². The van der Waals surface area contributed by atoms with Gasteiger partial charge >= 0.3 is 0 Å². The number of para-hydroxylation sites is 1. The summed E-state index contributed by atoms with van der Waals surface area (Å²) in [6, 6.07) is 16.9. The smallest absolute Gasteiger partial charge is 0.0686 e. The number of aromatic nitrogens is 2. The van der Waals surface area contributed by atoms with Gasteiger partial charge in [-0.3, -0.25) is 4.68 Å². The Hall–Kier alpha value is -2.13. The lowest BCUT2D eigenvalue weighted by atomic mass is 10.1. The van der Waals surface area contributed by atoms with Crippen LogP contribution in [0.15, 0.2) is 54.7 Å². The fourth-order valence-electron chi connectivity index (χ4n) is 2.37. The minimum Gasteiger partial charge on any atom is -0.316 e. The summed E-state index contributed by atoms with van der Waals surface area (Å²) in [6.45, 7) is 1.71. The molecule has 0 bridgehead atoms. The third-order valence-electron chi connectivity index (χ3n) is 3.26. The third-order valence-corrected chi connectivity index (χ3v) is 3.26. The quantitative estimate of drug-likeness (QED) is 0.772. The highest BCUT2D eigenvalue weighted by Crippen LogP contribution is 2.15. The zero-order valence-corrected chi connectivity index (χ0v) is 11.0. The van der Waals surface area contributed by atoms with E-state index in [2.05, 4.69) is 52.9 Å². The van der Waals surface area contributed by atoms with Gasteiger partial charge in [-0.25, -0.2) is 0 Å². The van der Waals surface area contributed by atoms with E-state index in [1.54, 1.807) is 0 Å². The van der Waals surface area contributed by atoms with Crippen molar-refractivity contribution in [2.45, 2.75) is 13.1 Å². The highest BCUT2D eigenvalue weighted by atomic mass is 15.3. The van der Waals surface area contributed by atoms with Crippen LogP contribution in [-0.4, -0.2) is 16.8 Å². The Balaban J connectivity index is 1.90. The number of hydrogen-bond acceptors (Lipinski definition) is 2. The molecule has 0 spiro atoms. The van der Waals surface area contributed by atoms with Crippen LogP contribution in [-0.2, 0) is 13.1 Å². The van der Waals surface area contributed by atoms with E-state index in [1.165, 1.54) is 22.0 Å². The first-order valence-corrected chi connectivity index (χ1v) is 6.50. The van der Waals surface area contributed by atoms with Crippen LogP contribution in [0.1, 0.15) is 11.1 Å². The summed E-state index contributed by atoms with van der Waals surface area (Å²) in [6.07, 6.45) is 1.92. The maximum atomic E-state index is 4.47. The predicted octanol–water partition coefficient (Wildman–Crippen LogP) is 2.80. The molecule has 0 aliphatic rings. The first kappa shape index (κ1) is 11.9. The Labute approximate surface area is 112 Å². The Morgan fingerprint density at radius 3 is 2.79 bits per heavy atom. The van der Waals surface area contributed by atoms with E-state index in [0.29, 0.717) is 0 Å². The van der Waals surface area contributed by atoms with Crippen LogP contribution < -0.4 is 5.32 Å². The van der Waals surface area contributed by atoms with Gasteiger partial charge < -0.3 is 5.32 Å². The molecule has 1 aromatic heterocycles. The molecule has 3 aromatic rings. The third kappa shape index (κ3) is 2.51. The summed E-state index contributed by atoms with van der Waals surface area (Å²) >= 11 is 0. The normalized spacial score (nSPS) is 11.0. The van der Waals surface area contributed by atoms with E-state index in [9.17, 15) is 0 Å². The molecule has 3 heteroatoms. The van der Waals surface area contributed by atoms with Crippen LogP contribution in [0, 0.1) is 0 Å². The highest BCUT2D eigenvalue weighted by molar-refractivity contribution is 5.78. The van der Waals surface area contributed by atoms with Crippen molar-refractivity contribution >= 4 is 10.9 Å². The maximum Gasteiger partial charge on any atom is 0.0686 e. The second-order valence-electron chi connectivity index (χ2n) is 4.71. The summed E-state index contributed by atoms with van der Waals surface area (Å²) in [5.74, 6) is 0. The van der Waals surface area contributed by atoms with E-state index in [0.717, 1.165) is 13.1 Å². The molecule has 1 heterocycles. The van der Waals surface area contributed by atoms with Crippen molar-refractivity contribution in [1.29, 1.82) is 0 Å². The van der Waals surface area contributed by atoms with E-state index in [4.69, 9.17) is 0 Å². The van der Waals surface area contributed by atoms with E-state index < -0.39 is 0 Å². The number of nitrogens with one attached hydrogen (secondary N) is 1. The van der Waals surface area contributed by atoms with Crippen LogP contribution in [0.4, 0.5) is 0 Å². The lowest BCUT2D eigenvalue weighted by Gasteiger charge is -2.06. The Kier molecular flexibility index (Phi) is 3.29. The minimum absolute atomic E-state index is 0.811. The predicted molar refractivity (Wildman–Crippen MR) is 78.0 cm³/mol. The largest absolute Gasteiger partial charge is 0.316 e. The molecule has 0 aliphatic carbocycles. The molecule has 0 unspecified atom stereocenters. The monoisotopic (exact) mass is 251 g/mol. The summed E-state index contributed by atoms with van der Waals surface area (Å²) in [5, 5.41) is 8.83. The average molecular weight is 251 g/mol. The second kappa shape index (κ2) is 5.24. The molecule has 0 aliphatic heterocycles. The molecular weight excluding hydrogens is 234 g/mol.